The van der Waals surface area contributed by atoms with Crippen molar-refractivity contribution in [3.63, 3.8) is 0 Å². The van der Waals surface area contributed by atoms with Gasteiger partial charge in [-0.05, 0) is 23.8 Å². The molecule has 1 aromatic heterocycles. The van der Waals surface area contributed by atoms with Crippen LogP contribution in [0.4, 0.5) is 5.69 Å². The molecule has 0 saturated heterocycles. The molecule has 0 aliphatic heterocycles. The second-order valence-corrected chi connectivity index (χ2v) is 4.83. The molecule has 4 nitrogen and oxygen atoms in total. The highest BCUT2D eigenvalue weighted by molar-refractivity contribution is 6.30. The molecule has 0 radical (unpaired) electrons. The normalized spacial score (nSPS) is 10.7. The Morgan fingerprint density at radius 3 is 2.75 bits per heavy atom. The number of aromatic nitrogens is 2. The van der Waals surface area contributed by atoms with Gasteiger partial charge < -0.3 is 10.3 Å². The number of hydrogen-bond donors (Lipinski definition) is 1. The zero-order valence-corrected chi connectivity index (χ0v) is 11.3. The van der Waals surface area contributed by atoms with Crippen molar-refractivity contribution in [3.8, 4) is 11.4 Å². The van der Waals surface area contributed by atoms with E-state index in [2.05, 4.69) is 10.1 Å². The summed E-state index contributed by atoms with van der Waals surface area (Å²) < 4.78 is 5.26. The average Bonchev–Trinajstić information content (AvgIpc) is 2.90. The molecule has 20 heavy (non-hydrogen) atoms. The molecule has 0 saturated carbocycles. The number of para-hydroxylation sites is 1. The lowest BCUT2D eigenvalue weighted by Gasteiger charge is -2.00. The minimum atomic E-state index is 0.514. The van der Waals surface area contributed by atoms with Gasteiger partial charge in [-0.2, -0.15) is 4.98 Å². The van der Waals surface area contributed by atoms with Gasteiger partial charge >= 0.3 is 0 Å². The van der Waals surface area contributed by atoms with Crippen LogP contribution < -0.4 is 5.73 Å². The molecule has 0 amide bonds. The number of anilines is 1. The zero-order chi connectivity index (χ0) is 13.9. The van der Waals surface area contributed by atoms with E-state index < -0.39 is 0 Å². The van der Waals surface area contributed by atoms with Gasteiger partial charge in [-0.3, -0.25) is 0 Å². The van der Waals surface area contributed by atoms with Gasteiger partial charge in [-0.25, -0.2) is 0 Å². The molecule has 0 atom stereocenters. The number of nitrogens with two attached hydrogens (primary N) is 1. The lowest BCUT2D eigenvalue weighted by Crippen LogP contribution is -1.95. The van der Waals surface area contributed by atoms with Gasteiger partial charge in [0, 0.05) is 16.3 Å². The summed E-state index contributed by atoms with van der Waals surface area (Å²) in [5.41, 5.74) is 8.41. The Balaban J connectivity index is 1.86. The van der Waals surface area contributed by atoms with E-state index in [1.54, 1.807) is 12.1 Å². The first-order valence-electron chi connectivity index (χ1n) is 6.14. The van der Waals surface area contributed by atoms with Crippen LogP contribution in [-0.4, -0.2) is 10.1 Å². The third-order valence-electron chi connectivity index (χ3n) is 2.95. The zero-order valence-electron chi connectivity index (χ0n) is 10.6. The number of benzene rings is 2. The second kappa shape index (κ2) is 5.35. The summed E-state index contributed by atoms with van der Waals surface area (Å²) in [6, 6.07) is 15.0. The Hall–Kier alpha value is -2.33. The van der Waals surface area contributed by atoms with Crippen molar-refractivity contribution in [2.24, 2.45) is 0 Å². The Bertz CT molecular complexity index is 739. The van der Waals surface area contributed by atoms with Gasteiger partial charge in [0.25, 0.3) is 0 Å². The molecule has 0 unspecified atom stereocenters. The van der Waals surface area contributed by atoms with Crippen molar-refractivity contribution < 1.29 is 4.52 Å². The van der Waals surface area contributed by atoms with E-state index in [0.717, 1.165) is 16.8 Å². The third-order valence-corrected chi connectivity index (χ3v) is 3.18. The van der Waals surface area contributed by atoms with Gasteiger partial charge in [0.15, 0.2) is 0 Å². The molecule has 0 spiro atoms. The Morgan fingerprint density at radius 2 is 1.95 bits per heavy atom. The first-order valence-corrected chi connectivity index (χ1v) is 6.52. The second-order valence-electron chi connectivity index (χ2n) is 4.40. The number of rotatable bonds is 3. The number of nitrogen functional groups attached to an aromatic ring is 1. The fraction of sp³-hybridized carbons (Fsp3) is 0.0667. The fourth-order valence-corrected chi connectivity index (χ4v) is 2.12. The largest absolute Gasteiger partial charge is 0.398 e. The van der Waals surface area contributed by atoms with Gasteiger partial charge in [0.1, 0.15) is 0 Å². The van der Waals surface area contributed by atoms with E-state index in [0.29, 0.717) is 23.2 Å². The summed E-state index contributed by atoms with van der Waals surface area (Å²) >= 11 is 5.95. The van der Waals surface area contributed by atoms with E-state index in [9.17, 15) is 0 Å². The number of hydrogen-bond acceptors (Lipinski definition) is 4. The fourth-order valence-electron chi connectivity index (χ4n) is 1.93. The predicted molar refractivity (Wildman–Crippen MR) is 78.4 cm³/mol. The first-order chi connectivity index (χ1) is 9.72. The van der Waals surface area contributed by atoms with Crippen LogP contribution in [0.3, 0.4) is 0 Å². The van der Waals surface area contributed by atoms with Crippen LogP contribution in [0.1, 0.15) is 11.5 Å². The van der Waals surface area contributed by atoms with Crippen LogP contribution in [0.2, 0.25) is 5.02 Å². The van der Waals surface area contributed by atoms with Gasteiger partial charge in [0.05, 0.1) is 6.42 Å². The van der Waals surface area contributed by atoms with E-state index in [1.807, 2.05) is 36.4 Å². The third kappa shape index (κ3) is 2.65. The minimum Gasteiger partial charge on any atom is -0.398 e. The molecule has 100 valence electrons. The van der Waals surface area contributed by atoms with Crippen LogP contribution in [0, 0.1) is 0 Å². The first kappa shape index (κ1) is 12.7. The van der Waals surface area contributed by atoms with Crippen molar-refractivity contribution in [1.82, 2.24) is 10.1 Å². The summed E-state index contributed by atoms with van der Waals surface area (Å²) in [6.07, 6.45) is 0.514. The van der Waals surface area contributed by atoms with Crippen LogP contribution in [-0.2, 0) is 6.42 Å². The molecule has 0 aliphatic rings. The molecule has 1 heterocycles. The van der Waals surface area contributed by atoms with Crippen LogP contribution in [0.5, 0.6) is 0 Å². The average molecular weight is 286 g/mol. The van der Waals surface area contributed by atoms with Crippen LogP contribution in [0.15, 0.2) is 53.1 Å². The van der Waals surface area contributed by atoms with E-state index in [4.69, 9.17) is 21.9 Å². The van der Waals surface area contributed by atoms with Crippen molar-refractivity contribution in [1.29, 1.82) is 0 Å². The lowest BCUT2D eigenvalue weighted by molar-refractivity contribution is 0.386. The lowest BCUT2D eigenvalue weighted by atomic mass is 10.1. The van der Waals surface area contributed by atoms with Crippen LogP contribution >= 0.6 is 11.6 Å². The molecule has 0 fully saturated rings. The Kier molecular flexibility index (Phi) is 3.39. The molecule has 3 aromatic rings. The summed E-state index contributed by atoms with van der Waals surface area (Å²) in [6.45, 7) is 0. The quantitative estimate of drug-likeness (QED) is 0.747. The van der Waals surface area contributed by atoms with Crippen molar-refractivity contribution in [2.45, 2.75) is 6.42 Å². The maximum atomic E-state index is 5.95. The van der Waals surface area contributed by atoms with Crippen LogP contribution in [0.25, 0.3) is 11.4 Å². The summed E-state index contributed by atoms with van der Waals surface area (Å²) in [5.74, 6) is 1.05. The topological polar surface area (TPSA) is 64.9 Å². The summed E-state index contributed by atoms with van der Waals surface area (Å²) in [5, 5.41) is 4.61. The highest BCUT2D eigenvalue weighted by Gasteiger charge is 2.10. The monoisotopic (exact) mass is 285 g/mol. The van der Waals surface area contributed by atoms with Crippen molar-refractivity contribution in [2.75, 3.05) is 5.73 Å². The smallest absolute Gasteiger partial charge is 0.231 e. The highest BCUT2D eigenvalue weighted by Crippen LogP contribution is 2.21. The molecule has 0 aliphatic carbocycles. The maximum absolute atomic E-state index is 5.95. The van der Waals surface area contributed by atoms with E-state index >= 15 is 0 Å². The van der Waals surface area contributed by atoms with Gasteiger partial charge in [-0.1, -0.05) is 47.1 Å². The molecular weight excluding hydrogens is 274 g/mol. The van der Waals surface area contributed by atoms with Crippen molar-refractivity contribution in [3.05, 3.63) is 65.0 Å². The van der Waals surface area contributed by atoms with Gasteiger partial charge in [-0.15, -0.1) is 0 Å². The standard InChI is InChI=1S/C15H12ClN3O/c16-12-6-3-5-11(8-12)15-18-14(20-19-15)9-10-4-1-2-7-13(10)17/h1-8H,9,17H2. The SMILES string of the molecule is Nc1ccccc1Cc1nc(-c2cccc(Cl)c2)no1. The minimum absolute atomic E-state index is 0.514. The predicted octanol–water partition coefficient (Wildman–Crippen LogP) is 3.56. The van der Waals surface area contributed by atoms with Crippen molar-refractivity contribution >= 4 is 17.3 Å². The molecule has 2 aromatic carbocycles. The number of halogens is 1. The highest BCUT2D eigenvalue weighted by atomic mass is 35.5. The molecular formula is C15H12ClN3O. The van der Waals surface area contributed by atoms with E-state index in [-0.39, 0.29) is 0 Å². The Labute approximate surface area is 121 Å². The molecule has 0 bridgehead atoms. The molecule has 2 N–H and O–H groups in total. The Morgan fingerprint density at radius 1 is 1.10 bits per heavy atom. The summed E-state index contributed by atoms with van der Waals surface area (Å²) in [7, 11) is 0. The van der Waals surface area contributed by atoms with Gasteiger partial charge in [0.2, 0.25) is 11.7 Å². The van der Waals surface area contributed by atoms with E-state index in [1.165, 1.54) is 0 Å². The maximum Gasteiger partial charge on any atom is 0.231 e. The number of nitrogens with zero attached hydrogens (tertiary/aromatic N) is 2. The summed E-state index contributed by atoms with van der Waals surface area (Å²) in [4.78, 5) is 4.37. The molecule has 5 heteroatoms. The molecule has 3 rings (SSSR count).